The first kappa shape index (κ1) is 12.5. The van der Waals surface area contributed by atoms with E-state index in [0.29, 0.717) is 0 Å². The maximum atomic E-state index is 11.5. The largest absolute Gasteiger partial charge is 0.467 e. The lowest BCUT2D eigenvalue weighted by molar-refractivity contribution is -0.188. The summed E-state index contributed by atoms with van der Waals surface area (Å²) in [5, 5.41) is 20.1. The van der Waals surface area contributed by atoms with Crippen molar-refractivity contribution in [3.8, 4) is 0 Å². The van der Waals surface area contributed by atoms with E-state index in [-0.39, 0.29) is 0 Å². The molecule has 2 N–H and O–H groups in total. The Hall–Kier alpha value is -0.950. The van der Waals surface area contributed by atoms with Gasteiger partial charge in [0.25, 0.3) is 0 Å². The van der Waals surface area contributed by atoms with Gasteiger partial charge in [-0.05, 0) is 19.9 Å². The zero-order valence-electron chi connectivity index (χ0n) is 9.91. The Morgan fingerprint density at radius 2 is 2.06 bits per heavy atom. The number of carbonyl (C=O) groups is 1. The molecular formula is C11H16O6. The second-order valence-electron chi connectivity index (χ2n) is 4.69. The second kappa shape index (κ2) is 3.78. The number of carbonyl (C=O) groups excluding carboxylic acids is 1. The monoisotopic (exact) mass is 244 g/mol. The van der Waals surface area contributed by atoms with Crippen LogP contribution in [-0.2, 0) is 19.0 Å². The summed E-state index contributed by atoms with van der Waals surface area (Å²) in [6.45, 7) is 3.39. The molecule has 0 spiro atoms. The van der Waals surface area contributed by atoms with E-state index in [1.54, 1.807) is 13.8 Å². The molecule has 0 aromatic carbocycles. The minimum atomic E-state index is -2.08. The van der Waals surface area contributed by atoms with Crippen LogP contribution in [0.15, 0.2) is 12.2 Å². The van der Waals surface area contributed by atoms with Crippen LogP contribution in [0.2, 0.25) is 0 Å². The number of fused-ring (bicyclic) bond motifs is 1. The van der Waals surface area contributed by atoms with Crippen LogP contribution in [0.4, 0.5) is 0 Å². The molecule has 0 radical (unpaired) electrons. The van der Waals surface area contributed by atoms with Gasteiger partial charge in [0.1, 0.15) is 18.3 Å². The molecule has 17 heavy (non-hydrogen) atoms. The molecule has 4 atom stereocenters. The van der Waals surface area contributed by atoms with Crippen molar-refractivity contribution in [3.05, 3.63) is 12.2 Å². The Bertz CT molecular complexity index is 363. The third-order valence-corrected chi connectivity index (χ3v) is 2.98. The zero-order valence-corrected chi connectivity index (χ0v) is 9.91. The number of esters is 1. The quantitative estimate of drug-likeness (QED) is 0.470. The Labute approximate surface area is 98.8 Å². The van der Waals surface area contributed by atoms with Crippen LogP contribution in [-0.4, -0.2) is 53.0 Å². The van der Waals surface area contributed by atoms with Gasteiger partial charge >= 0.3 is 5.97 Å². The first-order chi connectivity index (χ1) is 7.80. The summed E-state index contributed by atoms with van der Waals surface area (Å²) >= 11 is 0. The average Bonchev–Trinajstić information content (AvgIpc) is 2.58. The van der Waals surface area contributed by atoms with Crippen LogP contribution in [0.1, 0.15) is 13.8 Å². The van der Waals surface area contributed by atoms with Crippen LogP contribution in [0.25, 0.3) is 0 Å². The fraction of sp³-hybridized carbons (Fsp3) is 0.727. The number of aliphatic hydroxyl groups excluding tert-OH is 1. The molecule has 0 bridgehead atoms. The summed E-state index contributed by atoms with van der Waals surface area (Å²) < 4.78 is 15.4. The number of aliphatic hydroxyl groups is 2. The van der Waals surface area contributed by atoms with Gasteiger partial charge in [0.05, 0.1) is 7.11 Å². The zero-order chi connectivity index (χ0) is 12.8. The Balaban J connectivity index is 2.29. The van der Waals surface area contributed by atoms with Crippen molar-refractivity contribution in [2.75, 3.05) is 7.11 Å². The Morgan fingerprint density at radius 1 is 1.41 bits per heavy atom. The third kappa shape index (κ3) is 1.87. The molecular weight excluding hydrogens is 228 g/mol. The Morgan fingerprint density at radius 3 is 2.65 bits per heavy atom. The van der Waals surface area contributed by atoms with E-state index >= 15 is 0 Å². The molecule has 1 saturated heterocycles. The maximum Gasteiger partial charge on any atom is 0.344 e. The third-order valence-electron chi connectivity index (χ3n) is 2.98. The van der Waals surface area contributed by atoms with Crippen LogP contribution < -0.4 is 0 Å². The minimum Gasteiger partial charge on any atom is -0.467 e. The summed E-state index contributed by atoms with van der Waals surface area (Å²) in [4.78, 5) is 11.5. The van der Waals surface area contributed by atoms with E-state index in [1.165, 1.54) is 12.2 Å². The highest BCUT2D eigenvalue weighted by Crippen LogP contribution is 2.37. The number of methoxy groups -OCH3 is 1. The molecule has 0 amide bonds. The summed E-state index contributed by atoms with van der Waals surface area (Å²) in [7, 11) is 1.14. The molecule has 2 aliphatic rings. The first-order valence-corrected chi connectivity index (χ1v) is 5.34. The van der Waals surface area contributed by atoms with Gasteiger partial charge in [0.2, 0.25) is 5.60 Å². The van der Waals surface area contributed by atoms with Crippen molar-refractivity contribution >= 4 is 5.97 Å². The van der Waals surface area contributed by atoms with Gasteiger partial charge in [-0.2, -0.15) is 0 Å². The number of hydrogen-bond acceptors (Lipinski definition) is 6. The van der Waals surface area contributed by atoms with E-state index in [0.717, 1.165) is 7.11 Å². The minimum absolute atomic E-state index is 0.482. The summed E-state index contributed by atoms with van der Waals surface area (Å²) in [6.07, 6.45) is -0.00543. The molecule has 6 heteroatoms. The summed E-state index contributed by atoms with van der Waals surface area (Å²) in [6, 6.07) is 0. The first-order valence-electron chi connectivity index (χ1n) is 5.34. The normalized spacial score (nSPS) is 43.2. The van der Waals surface area contributed by atoms with Crippen molar-refractivity contribution in [2.45, 2.75) is 43.5 Å². The van der Waals surface area contributed by atoms with Gasteiger partial charge in [-0.25, -0.2) is 4.79 Å². The number of hydrogen-bond donors (Lipinski definition) is 2. The predicted molar refractivity (Wildman–Crippen MR) is 55.9 cm³/mol. The fourth-order valence-corrected chi connectivity index (χ4v) is 2.15. The smallest absolute Gasteiger partial charge is 0.344 e. The van der Waals surface area contributed by atoms with E-state index in [1.807, 2.05) is 0 Å². The van der Waals surface area contributed by atoms with Crippen LogP contribution in [0.3, 0.4) is 0 Å². The number of ether oxygens (including phenoxy) is 3. The fourth-order valence-electron chi connectivity index (χ4n) is 2.15. The van der Waals surface area contributed by atoms with Crippen molar-refractivity contribution in [1.29, 1.82) is 0 Å². The highest BCUT2D eigenvalue weighted by molar-refractivity contribution is 5.83. The standard InChI is InChI=1S/C11H16O6/c1-10(2)16-6-4-5-11(14,9(13)15-3)8(12)7(6)17-10/h4-8,12,14H,1-3H3/t6-,7-,8+,11-/m0/s1. The SMILES string of the molecule is COC(=O)[C@]1(O)C=C[C@@H]2OC(C)(C)O[C@@H]2[C@H]1O. The van der Waals surface area contributed by atoms with E-state index in [4.69, 9.17) is 9.47 Å². The average molecular weight is 244 g/mol. The second-order valence-corrected chi connectivity index (χ2v) is 4.69. The van der Waals surface area contributed by atoms with Gasteiger partial charge in [-0.1, -0.05) is 6.08 Å². The van der Waals surface area contributed by atoms with E-state index in [9.17, 15) is 15.0 Å². The lowest BCUT2D eigenvalue weighted by Gasteiger charge is -2.35. The van der Waals surface area contributed by atoms with Crippen LogP contribution in [0.5, 0.6) is 0 Å². The molecule has 6 nitrogen and oxygen atoms in total. The molecule has 1 aliphatic carbocycles. The molecule has 1 heterocycles. The van der Waals surface area contributed by atoms with Gasteiger partial charge in [0.15, 0.2) is 5.79 Å². The van der Waals surface area contributed by atoms with Gasteiger partial charge in [-0.3, -0.25) is 0 Å². The van der Waals surface area contributed by atoms with E-state index < -0.39 is 35.7 Å². The highest BCUT2D eigenvalue weighted by Gasteiger charge is 2.56. The maximum absolute atomic E-state index is 11.5. The molecule has 0 aromatic heterocycles. The lowest BCUT2D eigenvalue weighted by atomic mass is 9.84. The molecule has 1 aliphatic heterocycles. The summed E-state index contributed by atoms with van der Waals surface area (Å²) in [5.41, 5.74) is -2.08. The van der Waals surface area contributed by atoms with Gasteiger partial charge < -0.3 is 24.4 Å². The molecule has 0 aromatic rings. The van der Waals surface area contributed by atoms with Crippen LogP contribution >= 0.6 is 0 Å². The van der Waals surface area contributed by atoms with E-state index in [2.05, 4.69) is 4.74 Å². The highest BCUT2D eigenvalue weighted by atomic mass is 16.8. The van der Waals surface area contributed by atoms with Crippen molar-refractivity contribution in [1.82, 2.24) is 0 Å². The molecule has 0 unspecified atom stereocenters. The van der Waals surface area contributed by atoms with Gasteiger partial charge in [0, 0.05) is 0 Å². The molecule has 0 saturated carbocycles. The molecule has 96 valence electrons. The molecule has 1 fully saturated rings. The van der Waals surface area contributed by atoms with Crippen molar-refractivity contribution in [3.63, 3.8) is 0 Å². The number of rotatable bonds is 1. The predicted octanol–water partition coefficient (Wildman–Crippen LogP) is -0.659. The van der Waals surface area contributed by atoms with Crippen molar-refractivity contribution in [2.24, 2.45) is 0 Å². The molecule has 2 rings (SSSR count). The van der Waals surface area contributed by atoms with Gasteiger partial charge in [-0.15, -0.1) is 0 Å². The summed E-state index contributed by atoms with van der Waals surface area (Å²) in [5.74, 6) is -1.78. The van der Waals surface area contributed by atoms with Crippen molar-refractivity contribution < 1.29 is 29.2 Å². The lowest BCUT2D eigenvalue weighted by Crippen LogP contribution is -2.58. The van der Waals surface area contributed by atoms with Crippen LogP contribution in [0, 0.1) is 0 Å². The topological polar surface area (TPSA) is 85.2 Å². The Kier molecular flexibility index (Phi) is 2.78.